The SMILES string of the molecule is O=C1S/C(=C/c2cc(Cl)c(OCc3ccc(I)cc3)c(Br)c2)C(=O)N1Cc1cccc2ccccc12. The van der Waals surface area contributed by atoms with Crippen LogP contribution in [0.5, 0.6) is 5.75 Å². The second-order valence-electron chi connectivity index (χ2n) is 8.13. The van der Waals surface area contributed by atoms with Crippen LogP contribution in [0.25, 0.3) is 16.8 Å². The fourth-order valence-electron chi connectivity index (χ4n) is 3.93. The van der Waals surface area contributed by atoms with Gasteiger partial charge in [0.15, 0.2) is 5.75 Å². The van der Waals surface area contributed by atoms with Crippen molar-refractivity contribution in [3.05, 3.63) is 114 Å². The zero-order chi connectivity index (χ0) is 25.2. The lowest BCUT2D eigenvalue weighted by atomic mass is 10.0. The first-order valence-corrected chi connectivity index (χ1v) is 14.0. The Labute approximate surface area is 239 Å². The minimum Gasteiger partial charge on any atom is -0.486 e. The van der Waals surface area contributed by atoms with Gasteiger partial charge in [0.05, 0.1) is 20.9 Å². The summed E-state index contributed by atoms with van der Waals surface area (Å²) in [5.74, 6) is 0.209. The quantitative estimate of drug-likeness (QED) is 0.150. The molecule has 180 valence electrons. The van der Waals surface area contributed by atoms with Gasteiger partial charge >= 0.3 is 0 Å². The number of halogens is 3. The van der Waals surface area contributed by atoms with Crippen LogP contribution < -0.4 is 4.74 Å². The van der Waals surface area contributed by atoms with E-state index in [1.807, 2.05) is 72.8 Å². The van der Waals surface area contributed by atoms with E-state index < -0.39 is 0 Å². The van der Waals surface area contributed by atoms with Crippen molar-refractivity contribution < 1.29 is 14.3 Å². The molecule has 1 aliphatic heterocycles. The smallest absolute Gasteiger partial charge is 0.293 e. The molecule has 36 heavy (non-hydrogen) atoms. The van der Waals surface area contributed by atoms with Crippen molar-refractivity contribution in [2.45, 2.75) is 13.2 Å². The molecule has 1 aliphatic rings. The lowest BCUT2D eigenvalue weighted by Gasteiger charge is -2.14. The van der Waals surface area contributed by atoms with E-state index in [-0.39, 0.29) is 17.7 Å². The molecule has 2 amide bonds. The van der Waals surface area contributed by atoms with Crippen LogP contribution in [0.3, 0.4) is 0 Å². The standard InChI is InChI=1S/C28H18BrClINO3S/c29-23-12-18(13-24(30)26(23)35-16-17-8-10-21(31)11-9-17)14-25-27(33)32(28(34)36-25)15-20-6-3-5-19-4-1-2-7-22(19)20/h1-14H,15-16H2/b25-14+. The molecule has 4 aromatic rings. The molecule has 0 N–H and O–H groups in total. The van der Waals surface area contributed by atoms with Crippen LogP contribution in [-0.2, 0) is 17.9 Å². The molecule has 1 heterocycles. The van der Waals surface area contributed by atoms with Crippen molar-refractivity contribution >= 4 is 89.9 Å². The van der Waals surface area contributed by atoms with Gasteiger partial charge in [0.1, 0.15) is 6.61 Å². The predicted molar refractivity (Wildman–Crippen MR) is 158 cm³/mol. The number of rotatable bonds is 6. The van der Waals surface area contributed by atoms with Crippen molar-refractivity contribution in [2.24, 2.45) is 0 Å². The Morgan fingerprint density at radius 3 is 2.53 bits per heavy atom. The van der Waals surface area contributed by atoms with Crippen molar-refractivity contribution in [3.63, 3.8) is 0 Å². The van der Waals surface area contributed by atoms with E-state index in [1.165, 1.54) is 4.90 Å². The Balaban J connectivity index is 1.34. The first-order valence-electron chi connectivity index (χ1n) is 11.0. The number of ether oxygens (including phenoxy) is 1. The second kappa shape index (κ2) is 11.0. The highest BCUT2D eigenvalue weighted by Crippen LogP contribution is 2.38. The van der Waals surface area contributed by atoms with Gasteiger partial charge in [0.25, 0.3) is 11.1 Å². The highest BCUT2D eigenvalue weighted by atomic mass is 127. The Morgan fingerprint density at radius 2 is 1.75 bits per heavy atom. The number of benzene rings is 4. The first-order chi connectivity index (χ1) is 17.4. The van der Waals surface area contributed by atoms with Gasteiger partial charge in [-0.25, -0.2) is 0 Å². The summed E-state index contributed by atoms with van der Waals surface area (Å²) in [4.78, 5) is 27.5. The van der Waals surface area contributed by atoms with Gasteiger partial charge in [-0.05, 0) is 108 Å². The first kappa shape index (κ1) is 25.3. The number of hydrogen-bond acceptors (Lipinski definition) is 4. The molecule has 8 heteroatoms. The summed E-state index contributed by atoms with van der Waals surface area (Å²) in [6, 6.07) is 25.5. The van der Waals surface area contributed by atoms with Crippen LogP contribution in [0.1, 0.15) is 16.7 Å². The van der Waals surface area contributed by atoms with Crippen molar-refractivity contribution in [1.29, 1.82) is 0 Å². The van der Waals surface area contributed by atoms with E-state index in [0.717, 1.165) is 37.2 Å². The maximum atomic E-state index is 13.1. The van der Waals surface area contributed by atoms with Gasteiger partial charge < -0.3 is 4.74 Å². The maximum absolute atomic E-state index is 13.1. The number of carbonyl (C=O) groups excluding carboxylic acids is 2. The molecule has 0 unspecified atom stereocenters. The second-order valence-corrected chi connectivity index (χ2v) is 11.6. The maximum Gasteiger partial charge on any atom is 0.293 e. The van der Waals surface area contributed by atoms with Gasteiger partial charge in [-0.3, -0.25) is 14.5 Å². The minimum atomic E-state index is -0.316. The Hall–Kier alpha value is -2.33. The van der Waals surface area contributed by atoms with Crippen LogP contribution in [0.15, 0.2) is 88.2 Å². The van der Waals surface area contributed by atoms with Gasteiger partial charge in [-0.1, -0.05) is 66.2 Å². The molecule has 5 rings (SSSR count). The average molecular weight is 691 g/mol. The average Bonchev–Trinajstić information content (AvgIpc) is 3.12. The summed E-state index contributed by atoms with van der Waals surface area (Å²) < 4.78 is 7.76. The molecule has 0 aromatic heterocycles. The van der Waals surface area contributed by atoms with Gasteiger partial charge in [-0.15, -0.1) is 0 Å². The Bertz CT molecular complexity index is 1500. The number of amides is 2. The molecule has 4 aromatic carbocycles. The van der Waals surface area contributed by atoms with Crippen LogP contribution in [0.2, 0.25) is 5.02 Å². The Kier molecular flexibility index (Phi) is 7.71. The molecule has 0 atom stereocenters. The van der Waals surface area contributed by atoms with E-state index in [9.17, 15) is 9.59 Å². The third kappa shape index (κ3) is 5.49. The molecule has 0 aliphatic carbocycles. The number of hydrogen-bond donors (Lipinski definition) is 0. The zero-order valence-corrected chi connectivity index (χ0v) is 24.0. The van der Waals surface area contributed by atoms with E-state index in [4.69, 9.17) is 16.3 Å². The van der Waals surface area contributed by atoms with Crippen LogP contribution >= 0.6 is 61.9 Å². The number of thioether (sulfide) groups is 1. The molecule has 4 nitrogen and oxygen atoms in total. The number of nitrogens with zero attached hydrogens (tertiary/aromatic N) is 1. The summed E-state index contributed by atoms with van der Waals surface area (Å²) in [7, 11) is 0. The van der Waals surface area contributed by atoms with Gasteiger partial charge in [0, 0.05) is 3.57 Å². The molecule has 0 radical (unpaired) electrons. The van der Waals surface area contributed by atoms with E-state index in [1.54, 1.807) is 12.1 Å². The van der Waals surface area contributed by atoms with Gasteiger partial charge in [0.2, 0.25) is 0 Å². The van der Waals surface area contributed by atoms with Gasteiger partial charge in [-0.2, -0.15) is 0 Å². The molecule has 1 saturated heterocycles. The largest absolute Gasteiger partial charge is 0.486 e. The normalized spacial score (nSPS) is 14.8. The molecule has 0 saturated carbocycles. The van der Waals surface area contributed by atoms with Crippen LogP contribution in [0.4, 0.5) is 4.79 Å². The highest BCUT2D eigenvalue weighted by molar-refractivity contribution is 14.1. The third-order valence-corrected chi connectivity index (χ3v) is 8.19. The topological polar surface area (TPSA) is 46.6 Å². The van der Waals surface area contributed by atoms with E-state index >= 15 is 0 Å². The molecule has 0 bridgehead atoms. The van der Waals surface area contributed by atoms with E-state index in [2.05, 4.69) is 38.5 Å². The van der Waals surface area contributed by atoms with E-state index in [0.29, 0.717) is 32.3 Å². The fourth-order valence-corrected chi connectivity index (χ4v) is 6.11. The molecular weight excluding hydrogens is 673 g/mol. The van der Waals surface area contributed by atoms with Crippen LogP contribution in [0, 0.1) is 3.57 Å². The lowest BCUT2D eigenvalue weighted by Crippen LogP contribution is -2.27. The summed E-state index contributed by atoms with van der Waals surface area (Å²) in [5.41, 5.74) is 2.66. The summed E-state index contributed by atoms with van der Waals surface area (Å²) >= 11 is 13.2. The lowest BCUT2D eigenvalue weighted by molar-refractivity contribution is -0.123. The molecule has 1 fully saturated rings. The van der Waals surface area contributed by atoms with Crippen molar-refractivity contribution in [1.82, 2.24) is 4.90 Å². The predicted octanol–water partition coefficient (Wildman–Crippen LogP) is 8.68. The fraction of sp³-hybridized carbons (Fsp3) is 0.0714. The zero-order valence-electron chi connectivity index (χ0n) is 18.7. The van der Waals surface area contributed by atoms with Crippen molar-refractivity contribution in [2.75, 3.05) is 0 Å². The summed E-state index contributed by atoms with van der Waals surface area (Å²) in [5, 5.41) is 2.22. The summed E-state index contributed by atoms with van der Waals surface area (Å²) in [6.07, 6.45) is 1.69. The third-order valence-electron chi connectivity index (χ3n) is 5.70. The minimum absolute atomic E-state index is 0.221. The monoisotopic (exact) mass is 689 g/mol. The Morgan fingerprint density at radius 1 is 1.00 bits per heavy atom. The van der Waals surface area contributed by atoms with Crippen molar-refractivity contribution in [3.8, 4) is 5.75 Å². The number of imide groups is 1. The number of carbonyl (C=O) groups is 2. The molecular formula is C28H18BrClINO3S. The summed E-state index contributed by atoms with van der Waals surface area (Å²) in [6.45, 7) is 0.598. The molecule has 0 spiro atoms. The highest BCUT2D eigenvalue weighted by Gasteiger charge is 2.35. The number of fused-ring (bicyclic) bond motifs is 1. The van der Waals surface area contributed by atoms with Crippen LogP contribution in [-0.4, -0.2) is 16.0 Å².